The standard InChI is InChI=1S/C15H21N5/c1-11-8-12(2)18-15(13(11)9-16-3)20-7-6-19-5-4-17-14(19)10-20/h4-5,8,16H,6-7,9-10H2,1-3H3. The second kappa shape index (κ2) is 5.25. The molecular formula is C15H21N5. The van der Waals surface area contributed by atoms with Crippen molar-refractivity contribution in [1.29, 1.82) is 0 Å². The van der Waals surface area contributed by atoms with Gasteiger partial charge in [-0.2, -0.15) is 0 Å². The van der Waals surface area contributed by atoms with Crippen LogP contribution in [-0.4, -0.2) is 28.1 Å². The van der Waals surface area contributed by atoms with Gasteiger partial charge in [-0.05, 0) is 32.5 Å². The van der Waals surface area contributed by atoms with E-state index in [1.54, 1.807) is 0 Å². The Bertz CT molecular complexity index is 617. The first kappa shape index (κ1) is 13.1. The van der Waals surface area contributed by atoms with Gasteiger partial charge in [-0.3, -0.25) is 0 Å². The molecule has 0 bridgehead atoms. The van der Waals surface area contributed by atoms with Crippen LogP contribution in [0.4, 0.5) is 5.82 Å². The van der Waals surface area contributed by atoms with Gasteiger partial charge in [-0.15, -0.1) is 0 Å². The molecule has 0 unspecified atom stereocenters. The fraction of sp³-hybridized carbons (Fsp3) is 0.467. The molecule has 0 atom stereocenters. The highest BCUT2D eigenvalue weighted by molar-refractivity contribution is 5.52. The van der Waals surface area contributed by atoms with Crippen LogP contribution in [0.2, 0.25) is 0 Å². The van der Waals surface area contributed by atoms with Gasteiger partial charge in [0.25, 0.3) is 0 Å². The molecule has 5 heteroatoms. The minimum atomic E-state index is 0.833. The third-order valence-electron chi connectivity index (χ3n) is 3.85. The van der Waals surface area contributed by atoms with Crippen LogP contribution in [0.3, 0.4) is 0 Å². The van der Waals surface area contributed by atoms with Gasteiger partial charge < -0.3 is 14.8 Å². The van der Waals surface area contributed by atoms with E-state index in [1.807, 2.05) is 13.2 Å². The first-order chi connectivity index (χ1) is 9.69. The summed E-state index contributed by atoms with van der Waals surface area (Å²) in [5.74, 6) is 2.22. The van der Waals surface area contributed by atoms with E-state index in [1.165, 1.54) is 11.1 Å². The normalized spacial score (nSPS) is 14.4. The van der Waals surface area contributed by atoms with Crippen LogP contribution in [0.15, 0.2) is 18.5 Å². The topological polar surface area (TPSA) is 46.0 Å². The molecule has 20 heavy (non-hydrogen) atoms. The Kier molecular flexibility index (Phi) is 3.44. The number of imidazole rings is 1. The molecule has 3 heterocycles. The lowest BCUT2D eigenvalue weighted by Crippen LogP contribution is -2.35. The molecule has 2 aromatic rings. The lowest BCUT2D eigenvalue weighted by atomic mass is 10.1. The minimum Gasteiger partial charge on any atom is -0.347 e. The summed E-state index contributed by atoms with van der Waals surface area (Å²) in [7, 11) is 1.98. The van der Waals surface area contributed by atoms with Crippen LogP contribution in [0.1, 0.15) is 22.6 Å². The number of anilines is 1. The Balaban J connectivity index is 1.98. The number of pyridine rings is 1. The van der Waals surface area contributed by atoms with Gasteiger partial charge in [0.05, 0.1) is 6.54 Å². The van der Waals surface area contributed by atoms with Crippen molar-refractivity contribution in [3.63, 3.8) is 0 Å². The highest BCUT2D eigenvalue weighted by Crippen LogP contribution is 2.25. The summed E-state index contributed by atoms with van der Waals surface area (Å²) in [5, 5.41) is 3.25. The van der Waals surface area contributed by atoms with Gasteiger partial charge in [0.2, 0.25) is 0 Å². The summed E-state index contributed by atoms with van der Waals surface area (Å²) in [5.41, 5.74) is 3.67. The lowest BCUT2D eigenvalue weighted by Gasteiger charge is -2.31. The molecule has 0 amide bonds. The van der Waals surface area contributed by atoms with Crippen molar-refractivity contribution in [3.8, 4) is 0 Å². The molecule has 0 aliphatic carbocycles. The first-order valence-electron chi connectivity index (χ1n) is 7.05. The number of nitrogens with one attached hydrogen (secondary N) is 1. The van der Waals surface area contributed by atoms with Gasteiger partial charge in [-0.1, -0.05) is 0 Å². The third kappa shape index (κ3) is 2.29. The summed E-state index contributed by atoms with van der Waals surface area (Å²) < 4.78 is 2.22. The zero-order chi connectivity index (χ0) is 14.1. The van der Waals surface area contributed by atoms with Crippen LogP contribution in [0.5, 0.6) is 0 Å². The average molecular weight is 271 g/mol. The third-order valence-corrected chi connectivity index (χ3v) is 3.85. The average Bonchev–Trinajstić information content (AvgIpc) is 2.88. The van der Waals surface area contributed by atoms with Gasteiger partial charge in [-0.25, -0.2) is 9.97 Å². The van der Waals surface area contributed by atoms with Crippen molar-refractivity contribution in [1.82, 2.24) is 19.9 Å². The molecule has 0 spiro atoms. The molecular weight excluding hydrogens is 250 g/mol. The number of rotatable bonds is 3. The molecule has 0 fully saturated rings. The van der Waals surface area contributed by atoms with E-state index in [4.69, 9.17) is 4.98 Å². The second-order valence-corrected chi connectivity index (χ2v) is 5.37. The number of hydrogen-bond donors (Lipinski definition) is 1. The maximum absolute atomic E-state index is 4.78. The zero-order valence-electron chi connectivity index (χ0n) is 12.3. The molecule has 1 aliphatic heterocycles. The molecule has 2 aromatic heterocycles. The molecule has 3 rings (SSSR count). The summed E-state index contributed by atoms with van der Waals surface area (Å²) in [4.78, 5) is 11.6. The van der Waals surface area contributed by atoms with Crippen LogP contribution in [-0.2, 0) is 19.6 Å². The molecule has 1 N–H and O–H groups in total. The van der Waals surface area contributed by atoms with Crippen molar-refractivity contribution in [3.05, 3.63) is 41.1 Å². The smallest absolute Gasteiger partial charge is 0.134 e. The van der Waals surface area contributed by atoms with E-state index < -0.39 is 0 Å². The van der Waals surface area contributed by atoms with Crippen LogP contribution in [0.25, 0.3) is 0 Å². The quantitative estimate of drug-likeness (QED) is 0.922. The van der Waals surface area contributed by atoms with Gasteiger partial charge in [0, 0.05) is 43.3 Å². The Hall–Kier alpha value is -1.88. The number of aromatic nitrogens is 3. The summed E-state index contributed by atoms with van der Waals surface area (Å²) >= 11 is 0. The van der Waals surface area contributed by atoms with Gasteiger partial charge in [0.15, 0.2) is 0 Å². The number of aryl methyl sites for hydroxylation is 2. The molecule has 0 saturated heterocycles. The number of nitrogens with zero attached hydrogens (tertiary/aromatic N) is 4. The van der Waals surface area contributed by atoms with Crippen molar-refractivity contribution in [2.75, 3.05) is 18.5 Å². The maximum Gasteiger partial charge on any atom is 0.134 e. The molecule has 0 aromatic carbocycles. The molecule has 0 saturated carbocycles. The van der Waals surface area contributed by atoms with Crippen LogP contribution in [0, 0.1) is 13.8 Å². The molecule has 106 valence electrons. The van der Waals surface area contributed by atoms with E-state index in [9.17, 15) is 0 Å². The second-order valence-electron chi connectivity index (χ2n) is 5.37. The Morgan fingerprint density at radius 3 is 2.95 bits per heavy atom. The summed E-state index contributed by atoms with van der Waals surface area (Å²) in [6.45, 7) is 7.86. The Morgan fingerprint density at radius 2 is 2.15 bits per heavy atom. The highest BCUT2D eigenvalue weighted by atomic mass is 15.3. The van der Waals surface area contributed by atoms with Crippen molar-refractivity contribution >= 4 is 5.82 Å². The predicted molar refractivity (Wildman–Crippen MR) is 79.8 cm³/mol. The van der Waals surface area contributed by atoms with Crippen molar-refractivity contribution < 1.29 is 0 Å². The lowest BCUT2D eigenvalue weighted by molar-refractivity contribution is 0.553. The van der Waals surface area contributed by atoms with Crippen LogP contribution < -0.4 is 10.2 Å². The number of fused-ring (bicyclic) bond motifs is 1. The summed E-state index contributed by atoms with van der Waals surface area (Å²) in [6, 6.07) is 2.15. The van der Waals surface area contributed by atoms with E-state index >= 15 is 0 Å². The Labute approximate surface area is 119 Å². The zero-order valence-corrected chi connectivity index (χ0v) is 12.3. The van der Waals surface area contributed by atoms with Crippen LogP contribution >= 0.6 is 0 Å². The molecule has 0 radical (unpaired) electrons. The SMILES string of the molecule is CNCc1c(C)cc(C)nc1N1CCn2ccnc2C1. The fourth-order valence-corrected chi connectivity index (χ4v) is 2.85. The predicted octanol–water partition coefficient (Wildman–Crippen LogP) is 1.63. The minimum absolute atomic E-state index is 0.833. The van der Waals surface area contributed by atoms with Gasteiger partial charge in [0.1, 0.15) is 11.6 Å². The molecule has 5 nitrogen and oxygen atoms in total. The van der Waals surface area contributed by atoms with Gasteiger partial charge >= 0.3 is 0 Å². The number of hydrogen-bond acceptors (Lipinski definition) is 4. The Morgan fingerprint density at radius 1 is 1.30 bits per heavy atom. The summed E-state index contributed by atoms with van der Waals surface area (Å²) in [6.07, 6.45) is 3.93. The first-order valence-corrected chi connectivity index (χ1v) is 7.05. The van der Waals surface area contributed by atoms with E-state index in [0.717, 1.165) is 43.5 Å². The monoisotopic (exact) mass is 271 g/mol. The van der Waals surface area contributed by atoms with E-state index in [2.05, 4.69) is 45.9 Å². The highest BCUT2D eigenvalue weighted by Gasteiger charge is 2.21. The van der Waals surface area contributed by atoms with Crippen molar-refractivity contribution in [2.24, 2.45) is 0 Å². The largest absolute Gasteiger partial charge is 0.347 e. The maximum atomic E-state index is 4.78. The van der Waals surface area contributed by atoms with Crippen molar-refractivity contribution in [2.45, 2.75) is 33.5 Å². The van der Waals surface area contributed by atoms with E-state index in [-0.39, 0.29) is 0 Å². The molecule has 1 aliphatic rings. The fourth-order valence-electron chi connectivity index (χ4n) is 2.85. The van der Waals surface area contributed by atoms with E-state index in [0.29, 0.717) is 0 Å².